The maximum Gasteiger partial charge on any atom is 0.101 e. The third kappa shape index (κ3) is 1.43. The summed E-state index contributed by atoms with van der Waals surface area (Å²) >= 11 is 6.85. The summed E-state index contributed by atoms with van der Waals surface area (Å²) in [6.07, 6.45) is 3.31. The molecule has 0 N–H and O–H groups in total. The van der Waals surface area contributed by atoms with E-state index in [0.29, 0.717) is 5.56 Å². The molecule has 0 aliphatic carbocycles. The van der Waals surface area contributed by atoms with Crippen molar-refractivity contribution in [1.29, 1.82) is 5.26 Å². The fourth-order valence-corrected chi connectivity index (χ4v) is 2.30. The van der Waals surface area contributed by atoms with Crippen molar-refractivity contribution in [1.82, 2.24) is 4.98 Å². The molecule has 14 heavy (non-hydrogen) atoms. The first-order valence-corrected chi connectivity index (χ1v) is 5.44. The van der Waals surface area contributed by atoms with Gasteiger partial charge in [0.1, 0.15) is 6.07 Å². The average Bonchev–Trinajstić information content (AvgIpc) is 2.23. The van der Waals surface area contributed by atoms with Crippen molar-refractivity contribution in [2.24, 2.45) is 0 Å². The van der Waals surface area contributed by atoms with Crippen LogP contribution in [0.5, 0.6) is 0 Å². The Balaban J connectivity index is 3.01. The molecule has 1 aromatic carbocycles. The van der Waals surface area contributed by atoms with Gasteiger partial charge in [-0.3, -0.25) is 4.98 Å². The minimum Gasteiger partial charge on any atom is -0.263 e. The lowest BCUT2D eigenvalue weighted by atomic mass is 10.1. The summed E-state index contributed by atoms with van der Waals surface area (Å²) in [6.45, 7) is 0. The van der Waals surface area contributed by atoms with Crippen LogP contribution < -0.4 is 0 Å². The number of hydrogen-bond donors (Lipinski definition) is 0. The van der Waals surface area contributed by atoms with E-state index >= 15 is 0 Å². The first kappa shape index (κ1) is 9.63. The number of benzene rings is 1. The van der Waals surface area contributed by atoms with Crippen molar-refractivity contribution in [2.45, 2.75) is 0 Å². The van der Waals surface area contributed by atoms with Gasteiger partial charge in [-0.25, -0.2) is 0 Å². The van der Waals surface area contributed by atoms with E-state index in [9.17, 15) is 0 Å². The molecule has 1 heterocycles. The van der Waals surface area contributed by atoms with Gasteiger partial charge in [0.15, 0.2) is 0 Å². The number of rotatable bonds is 0. The molecule has 0 fully saturated rings. The first-order chi connectivity index (χ1) is 6.74. The van der Waals surface area contributed by atoms with Crippen LogP contribution in [0.3, 0.4) is 0 Å². The van der Waals surface area contributed by atoms with E-state index in [1.165, 1.54) is 0 Å². The van der Waals surface area contributed by atoms with Crippen molar-refractivity contribution < 1.29 is 0 Å². The number of fused-ring (bicyclic) bond motifs is 1. The number of halogens is 2. The van der Waals surface area contributed by atoms with E-state index in [1.807, 2.05) is 12.1 Å². The van der Waals surface area contributed by atoms with Gasteiger partial charge < -0.3 is 0 Å². The van der Waals surface area contributed by atoms with Crippen molar-refractivity contribution in [3.8, 4) is 6.07 Å². The second-order valence-corrected chi connectivity index (χ2v) is 4.46. The molecule has 4 heteroatoms. The average molecular weight is 312 g/mol. The van der Waals surface area contributed by atoms with Crippen LogP contribution in [-0.2, 0) is 0 Å². The van der Waals surface area contributed by atoms with E-state index in [-0.39, 0.29) is 0 Å². The van der Waals surface area contributed by atoms with Crippen LogP contribution in [0.4, 0.5) is 0 Å². The summed E-state index contributed by atoms with van der Waals surface area (Å²) in [6, 6.07) is 5.96. The molecule has 0 aliphatic heterocycles. The molecule has 68 valence electrons. The van der Waals surface area contributed by atoms with Crippen molar-refractivity contribution in [2.75, 3.05) is 0 Å². The van der Waals surface area contributed by atoms with Crippen LogP contribution in [0.15, 0.2) is 33.5 Å². The number of nitriles is 1. The van der Waals surface area contributed by atoms with Crippen molar-refractivity contribution >= 4 is 42.6 Å². The van der Waals surface area contributed by atoms with Crippen molar-refractivity contribution in [3.05, 3.63) is 39.0 Å². The molecule has 0 aliphatic rings. The molecule has 2 rings (SSSR count). The van der Waals surface area contributed by atoms with Crippen LogP contribution in [0.1, 0.15) is 5.56 Å². The molecule has 0 radical (unpaired) electrons. The topological polar surface area (TPSA) is 36.7 Å². The smallest absolute Gasteiger partial charge is 0.101 e. The number of hydrogen-bond acceptors (Lipinski definition) is 2. The monoisotopic (exact) mass is 310 g/mol. The largest absolute Gasteiger partial charge is 0.263 e. The highest BCUT2D eigenvalue weighted by Gasteiger charge is 2.07. The van der Waals surface area contributed by atoms with Crippen LogP contribution in [-0.4, -0.2) is 4.98 Å². The van der Waals surface area contributed by atoms with Gasteiger partial charge in [0.25, 0.3) is 0 Å². The predicted molar refractivity (Wildman–Crippen MR) is 61.9 cm³/mol. The Labute approximate surface area is 97.8 Å². The first-order valence-electron chi connectivity index (χ1n) is 3.86. The molecule has 2 nitrogen and oxygen atoms in total. The molecular formula is C10H4Br2N2. The van der Waals surface area contributed by atoms with Crippen LogP contribution >= 0.6 is 31.9 Å². The fourth-order valence-electron chi connectivity index (χ4n) is 1.30. The maximum absolute atomic E-state index is 8.92. The van der Waals surface area contributed by atoms with Gasteiger partial charge in [-0.15, -0.1) is 0 Å². The number of aromatic nitrogens is 1. The zero-order chi connectivity index (χ0) is 10.1. The Kier molecular flexibility index (Phi) is 2.53. The molecule has 0 bridgehead atoms. The Morgan fingerprint density at radius 1 is 1.14 bits per heavy atom. The summed E-state index contributed by atoms with van der Waals surface area (Å²) < 4.78 is 1.86. The lowest BCUT2D eigenvalue weighted by Gasteiger charge is -2.03. The highest BCUT2D eigenvalue weighted by atomic mass is 79.9. The summed E-state index contributed by atoms with van der Waals surface area (Å²) in [5, 5.41) is 10.8. The molecule has 1 aromatic heterocycles. The normalized spacial score (nSPS) is 10.1. The number of pyridine rings is 1. The van der Waals surface area contributed by atoms with E-state index < -0.39 is 0 Å². The number of nitrogens with zero attached hydrogens (tertiary/aromatic N) is 2. The third-order valence-corrected chi connectivity index (χ3v) is 3.29. The summed E-state index contributed by atoms with van der Waals surface area (Å²) in [5.41, 5.74) is 0.579. The molecule has 0 saturated carbocycles. The SMILES string of the molecule is N#Cc1cncc2c(Br)ccc(Br)c12. The fraction of sp³-hybridized carbons (Fsp3) is 0. The lowest BCUT2D eigenvalue weighted by Crippen LogP contribution is -1.84. The van der Waals surface area contributed by atoms with Crippen LogP contribution in [0, 0.1) is 11.3 Å². The Bertz CT molecular complexity index is 544. The van der Waals surface area contributed by atoms with Gasteiger partial charge in [0, 0.05) is 32.1 Å². The van der Waals surface area contributed by atoms with Gasteiger partial charge in [-0.05, 0) is 12.1 Å². The maximum atomic E-state index is 8.92. The summed E-state index contributed by atoms with van der Waals surface area (Å²) in [5.74, 6) is 0. The van der Waals surface area contributed by atoms with Gasteiger partial charge in [0.2, 0.25) is 0 Å². The second-order valence-electron chi connectivity index (χ2n) is 2.75. The molecular weight excluding hydrogens is 308 g/mol. The molecule has 2 aromatic rings. The molecule has 0 amide bonds. The zero-order valence-electron chi connectivity index (χ0n) is 6.96. The summed E-state index contributed by atoms with van der Waals surface area (Å²) in [4.78, 5) is 4.01. The summed E-state index contributed by atoms with van der Waals surface area (Å²) in [7, 11) is 0. The standard InChI is InChI=1S/C10H4Br2N2/c11-8-1-2-9(12)10-6(3-13)4-14-5-7(8)10/h1-2,4-5H. The molecule has 0 saturated heterocycles. The molecule has 0 spiro atoms. The van der Waals surface area contributed by atoms with Gasteiger partial charge >= 0.3 is 0 Å². The minimum absolute atomic E-state index is 0.579. The van der Waals surface area contributed by atoms with Gasteiger partial charge in [-0.1, -0.05) is 31.9 Å². The van der Waals surface area contributed by atoms with Gasteiger partial charge in [0.05, 0.1) is 5.56 Å². The second kappa shape index (κ2) is 3.68. The van der Waals surface area contributed by atoms with E-state index in [4.69, 9.17) is 5.26 Å². The van der Waals surface area contributed by atoms with Gasteiger partial charge in [-0.2, -0.15) is 5.26 Å². The van der Waals surface area contributed by atoms with Crippen molar-refractivity contribution in [3.63, 3.8) is 0 Å². The lowest BCUT2D eigenvalue weighted by molar-refractivity contribution is 1.33. The predicted octanol–water partition coefficient (Wildman–Crippen LogP) is 3.63. The highest BCUT2D eigenvalue weighted by molar-refractivity contribution is 9.11. The van der Waals surface area contributed by atoms with E-state index in [2.05, 4.69) is 42.9 Å². The minimum atomic E-state index is 0.579. The third-order valence-electron chi connectivity index (χ3n) is 1.94. The van der Waals surface area contributed by atoms with E-state index in [0.717, 1.165) is 19.7 Å². The van der Waals surface area contributed by atoms with Crippen LogP contribution in [0.2, 0.25) is 0 Å². The Morgan fingerprint density at radius 2 is 1.86 bits per heavy atom. The Hall–Kier alpha value is -0.920. The molecule has 0 unspecified atom stereocenters. The van der Waals surface area contributed by atoms with Crippen LogP contribution in [0.25, 0.3) is 10.8 Å². The zero-order valence-corrected chi connectivity index (χ0v) is 10.1. The molecule has 0 atom stereocenters. The quantitative estimate of drug-likeness (QED) is 0.745. The highest BCUT2D eigenvalue weighted by Crippen LogP contribution is 2.31. The van der Waals surface area contributed by atoms with E-state index in [1.54, 1.807) is 12.4 Å². The Morgan fingerprint density at radius 3 is 2.57 bits per heavy atom.